The van der Waals surface area contributed by atoms with Gasteiger partial charge >= 0.3 is 0 Å². The van der Waals surface area contributed by atoms with E-state index in [1.54, 1.807) is 42.5 Å². The molecule has 0 fully saturated rings. The Labute approximate surface area is 130 Å². The van der Waals surface area contributed by atoms with Crippen molar-refractivity contribution in [2.75, 3.05) is 0 Å². The second-order valence-corrected chi connectivity index (χ2v) is 5.31. The van der Waals surface area contributed by atoms with Crippen LogP contribution in [0.4, 0.5) is 0 Å². The SMILES string of the molecule is O=C(Cl)c1c(-c2ccccc2)c(=O)[nH]c2ccc(Cl)cc12. The standard InChI is InChI=1S/C16H9Cl2NO2/c17-10-6-7-12-11(8-10)14(15(18)20)13(16(21)19-12)9-4-2-1-3-5-9/h1-8H,(H,19,21). The van der Waals surface area contributed by atoms with Gasteiger partial charge < -0.3 is 4.98 Å². The molecule has 0 unspecified atom stereocenters. The number of hydrogen-bond donors (Lipinski definition) is 1. The smallest absolute Gasteiger partial charge is 0.257 e. The van der Waals surface area contributed by atoms with Crippen molar-refractivity contribution in [3.8, 4) is 11.1 Å². The van der Waals surface area contributed by atoms with E-state index in [-0.39, 0.29) is 16.7 Å². The van der Waals surface area contributed by atoms with Gasteiger partial charge in [-0.05, 0) is 35.4 Å². The average Bonchev–Trinajstić information content (AvgIpc) is 2.47. The molecule has 0 atom stereocenters. The number of carbonyl (C=O) groups is 1. The van der Waals surface area contributed by atoms with Gasteiger partial charge in [0.05, 0.1) is 11.1 Å². The van der Waals surface area contributed by atoms with Crippen LogP contribution in [-0.4, -0.2) is 10.2 Å². The maximum Gasteiger partial charge on any atom is 0.257 e. The Morgan fingerprint density at radius 2 is 1.76 bits per heavy atom. The molecular formula is C16H9Cl2NO2. The molecule has 1 aromatic heterocycles. The summed E-state index contributed by atoms with van der Waals surface area (Å²) >= 11 is 11.7. The predicted octanol–water partition coefficient (Wildman–Crippen LogP) is 4.23. The van der Waals surface area contributed by atoms with Crippen LogP contribution >= 0.6 is 23.2 Å². The van der Waals surface area contributed by atoms with Crippen LogP contribution in [0.15, 0.2) is 53.3 Å². The van der Waals surface area contributed by atoms with E-state index in [1.807, 2.05) is 6.07 Å². The van der Waals surface area contributed by atoms with Crippen molar-refractivity contribution in [2.45, 2.75) is 0 Å². The highest BCUT2D eigenvalue weighted by molar-refractivity contribution is 6.69. The summed E-state index contributed by atoms with van der Waals surface area (Å²) in [5, 5.41) is 0.306. The van der Waals surface area contributed by atoms with Crippen LogP contribution in [0.1, 0.15) is 10.4 Å². The third-order valence-electron chi connectivity index (χ3n) is 3.24. The van der Waals surface area contributed by atoms with Crippen molar-refractivity contribution in [1.82, 2.24) is 4.98 Å². The number of rotatable bonds is 2. The number of benzene rings is 2. The second kappa shape index (κ2) is 5.35. The number of H-pyrrole nitrogens is 1. The summed E-state index contributed by atoms with van der Waals surface area (Å²) in [6, 6.07) is 13.8. The van der Waals surface area contributed by atoms with Gasteiger partial charge in [0.2, 0.25) is 0 Å². The zero-order chi connectivity index (χ0) is 15.0. The minimum atomic E-state index is -0.688. The maximum atomic E-state index is 12.3. The molecule has 3 rings (SSSR count). The van der Waals surface area contributed by atoms with Crippen molar-refractivity contribution in [3.05, 3.63) is 69.5 Å². The molecule has 21 heavy (non-hydrogen) atoms. The summed E-state index contributed by atoms with van der Waals surface area (Å²) in [6.45, 7) is 0. The van der Waals surface area contributed by atoms with E-state index in [2.05, 4.69) is 4.98 Å². The van der Waals surface area contributed by atoms with Crippen LogP contribution in [0, 0.1) is 0 Å². The highest BCUT2D eigenvalue weighted by Gasteiger charge is 2.19. The fourth-order valence-electron chi connectivity index (χ4n) is 2.35. The number of carbonyl (C=O) groups excluding carboxylic acids is 1. The number of aromatic amines is 1. The lowest BCUT2D eigenvalue weighted by atomic mass is 9.98. The fraction of sp³-hybridized carbons (Fsp3) is 0. The molecule has 0 aliphatic rings. The van der Waals surface area contributed by atoms with Crippen molar-refractivity contribution in [3.63, 3.8) is 0 Å². The van der Waals surface area contributed by atoms with Gasteiger partial charge in [0.1, 0.15) is 0 Å². The van der Waals surface area contributed by atoms with Gasteiger partial charge in [0.25, 0.3) is 10.8 Å². The molecule has 5 heteroatoms. The Morgan fingerprint density at radius 3 is 2.43 bits per heavy atom. The van der Waals surface area contributed by atoms with E-state index in [4.69, 9.17) is 23.2 Å². The van der Waals surface area contributed by atoms with Crippen molar-refractivity contribution >= 4 is 39.3 Å². The van der Waals surface area contributed by atoms with Crippen LogP contribution in [0.25, 0.3) is 22.0 Å². The Hall–Kier alpha value is -2.10. The van der Waals surface area contributed by atoms with E-state index in [0.717, 1.165) is 0 Å². The quantitative estimate of drug-likeness (QED) is 0.719. The molecule has 0 aliphatic heterocycles. The predicted molar refractivity (Wildman–Crippen MR) is 85.2 cm³/mol. The third-order valence-corrected chi connectivity index (χ3v) is 3.66. The number of nitrogens with one attached hydrogen (secondary N) is 1. The lowest BCUT2D eigenvalue weighted by Crippen LogP contribution is -2.14. The van der Waals surface area contributed by atoms with Crippen molar-refractivity contribution < 1.29 is 4.79 Å². The molecule has 0 saturated carbocycles. The largest absolute Gasteiger partial charge is 0.321 e. The van der Waals surface area contributed by atoms with E-state index >= 15 is 0 Å². The number of halogens is 2. The average molecular weight is 318 g/mol. The Balaban J connectivity index is 2.49. The van der Waals surface area contributed by atoms with E-state index in [1.165, 1.54) is 0 Å². The summed E-state index contributed by atoms with van der Waals surface area (Å²) in [7, 11) is 0. The molecule has 1 N–H and O–H groups in total. The number of hydrogen-bond acceptors (Lipinski definition) is 2. The van der Waals surface area contributed by atoms with Crippen LogP contribution in [-0.2, 0) is 0 Å². The van der Waals surface area contributed by atoms with Gasteiger partial charge in [-0.1, -0.05) is 41.9 Å². The highest BCUT2D eigenvalue weighted by atomic mass is 35.5. The van der Waals surface area contributed by atoms with Gasteiger partial charge in [-0.25, -0.2) is 0 Å². The molecule has 1 heterocycles. The topological polar surface area (TPSA) is 49.9 Å². The molecule has 0 amide bonds. The van der Waals surface area contributed by atoms with Gasteiger partial charge in [-0.3, -0.25) is 9.59 Å². The zero-order valence-electron chi connectivity index (χ0n) is 10.7. The summed E-state index contributed by atoms with van der Waals surface area (Å²) in [4.78, 5) is 27.0. The van der Waals surface area contributed by atoms with E-state index in [9.17, 15) is 9.59 Å². The molecule has 3 nitrogen and oxygen atoms in total. The van der Waals surface area contributed by atoms with Gasteiger partial charge in [0.15, 0.2) is 0 Å². The van der Waals surface area contributed by atoms with Crippen molar-refractivity contribution in [2.24, 2.45) is 0 Å². The first-order valence-electron chi connectivity index (χ1n) is 6.18. The van der Waals surface area contributed by atoms with Crippen LogP contribution in [0.5, 0.6) is 0 Å². The molecule has 0 radical (unpaired) electrons. The summed E-state index contributed by atoms with van der Waals surface area (Å²) in [6.07, 6.45) is 0. The first-order chi connectivity index (χ1) is 10.1. The minimum Gasteiger partial charge on any atom is -0.321 e. The van der Waals surface area contributed by atoms with Crippen LogP contribution in [0.2, 0.25) is 5.02 Å². The Morgan fingerprint density at radius 1 is 1.05 bits per heavy atom. The molecule has 104 valence electrons. The second-order valence-electron chi connectivity index (χ2n) is 4.53. The third kappa shape index (κ3) is 2.46. The number of fused-ring (bicyclic) bond motifs is 1. The van der Waals surface area contributed by atoms with Crippen LogP contribution in [0.3, 0.4) is 0 Å². The minimum absolute atomic E-state index is 0.170. The van der Waals surface area contributed by atoms with E-state index < -0.39 is 5.24 Å². The molecule has 0 aliphatic carbocycles. The summed E-state index contributed by atoms with van der Waals surface area (Å²) in [5.74, 6) is 0. The number of pyridine rings is 1. The molecule has 0 spiro atoms. The molecular weight excluding hydrogens is 309 g/mol. The summed E-state index contributed by atoms with van der Waals surface area (Å²) < 4.78 is 0. The number of aromatic nitrogens is 1. The molecule has 2 aromatic carbocycles. The lowest BCUT2D eigenvalue weighted by molar-refractivity contribution is 0.108. The monoisotopic (exact) mass is 317 g/mol. The first-order valence-corrected chi connectivity index (χ1v) is 6.94. The van der Waals surface area contributed by atoms with Gasteiger partial charge in [0, 0.05) is 15.9 Å². The normalized spacial score (nSPS) is 10.8. The Bertz CT molecular complexity index is 901. The Kier molecular flexibility index (Phi) is 3.53. The molecule has 3 aromatic rings. The fourth-order valence-corrected chi connectivity index (χ4v) is 2.72. The van der Waals surface area contributed by atoms with Gasteiger partial charge in [-0.2, -0.15) is 0 Å². The highest BCUT2D eigenvalue weighted by Crippen LogP contribution is 2.29. The van der Waals surface area contributed by atoms with Crippen LogP contribution < -0.4 is 5.56 Å². The van der Waals surface area contributed by atoms with E-state index in [0.29, 0.717) is 21.5 Å². The zero-order valence-corrected chi connectivity index (χ0v) is 12.2. The molecule has 0 saturated heterocycles. The van der Waals surface area contributed by atoms with Gasteiger partial charge in [-0.15, -0.1) is 0 Å². The first kappa shape index (κ1) is 13.9. The lowest BCUT2D eigenvalue weighted by Gasteiger charge is -2.09. The van der Waals surface area contributed by atoms with Crippen molar-refractivity contribution in [1.29, 1.82) is 0 Å². The maximum absolute atomic E-state index is 12.3. The summed E-state index contributed by atoms with van der Waals surface area (Å²) in [5.41, 5.74) is 1.22. The molecule has 0 bridgehead atoms.